The molecule has 0 saturated heterocycles. The molecular weight excluding hydrogens is 186 g/mol. The summed E-state index contributed by atoms with van der Waals surface area (Å²) in [4.78, 5) is 4.33. The van der Waals surface area contributed by atoms with Crippen LogP contribution in [0.4, 0.5) is 0 Å². The Morgan fingerprint density at radius 1 is 1.46 bits per heavy atom. The van der Waals surface area contributed by atoms with Crippen molar-refractivity contribution in [3.63, 3.8) is 0 Å². The first kappa shape index (κ1) is 8.53. The first-order chi connectivity index (χ1) is 6.16. The zero-order chi connectivity index (χ0) is 9.42. The predicted molar refractivity (Wildman–Crippen MR) is 52.8 cm³/mol. The van der Waals surface area contributed by atoms with Gasteiger partial charge in [0.2, 0.25) is 0 Å². The van der Waals surface area contributed by atoms with Gasteiger partial charge in [-0.05, 0) is 19.1 Å². The predicted octanol–water partition coefficient (Wildman–Crippen LogP) is 2.01. The number of nitrogens with zero attached hydrogens (tertiary/aromatic N) is 2. The van der Waals surface area contributed by atoms with E-state index in [-0.39, 0.29) is 6.04 Å². The number of fused-ring (bicyclic) bond motifs is 1. The number of hydrogen-bond acceptors (Lipinski definition) is 2. The van der Waals surface area contributed by atoms with Crippen LogP contribution in [-0.2, 0) is 0 Å². The summed E-state index contributed by atoms with van der Waals surface area (Å²) in [5, 5.41) is 0.695. The lowest BCUT2D eigenvalue weighted by molar-refractivity contribution is 0.790. The highest BCUT2D eigenvalue weighted by Gasteiger charge is 2.04. The summed E-state index contributed by atoms with van der Waals surface area (Å²) < 4.78 is 1.88. The van der Waals surface area contributed by atoms with Gasteiger partial charge in [0.15, 0.2) is 0 Å². The zero-order valence-corrected chi connectivity index (χ0v) is 7.99. The summed E-state index contributed by atoms with van der Waals surface area (Å²) in [6.07, 6.45) is 3.71. The summed E-state index contributed by atoms with van der Waals surface area (Å²) in [7, 11) is 0. The molecule has 1 unspecified atom stereocenters. The van der Waals surface area contributed by atoms with Gasteiger partial charge in [-0.2, -0.15) is 0 Å². The molecule has 0 aromatic carbocycles. The van der Waals surface area contributed by atoms with Gasteiger partial charge in [-0.15, -0.1) is 0 Å². The van der Waals surface area contributed by atoms with Crippen LogP contribution < -0.4 is 5.73 Å². The van der Waals surface area contributed by atoms with Crippen LogP contribution >= 0.6 is 11.6 Å². The van der Waals surface area contributed by atoms with Crippen LogP contribution in [0.25, 0.3) is 5.65 Å². The van der Waals surface area contributed by atoms with Crippen molar-refractivity contribution in [2.24, 2.45) is 5.73 Å². The third-order valence-corrected chi connectivity index (χ3v) is 2.12. The molecule has 1 atom stereocenters. The van der Waals surface area contributed by atoms with Gasteiger partial charge in [-0.1, -0.05) is 11.6 Å². The van der Waals surface area contributed by atoms with Gasteiger partial charge in [-0.25, -0.2) is 4.98 Å². The van der Waals surface area contributed by atoms with E-state index in [1.54, 1.807) is 0 Å². The maximum atomic E-state index is 5.83. The van der Waals surface area contributed by atoms with Crippen LogP contribution in [0.2, 0.25) is 5.02 Å². The van der Waals surface area contributed by atoms with Crippen molar-refractivity contribution in [3.8, 4) is 0 Å². The SMILES string of the molecule is CC(N)c1cn2cc(Cl)ccc2n1. The summed E-state index contributed by atoms with van der Waals surface area (Å²) in [6, 6.07) is 3.64. The summed E-state index contributed by atoms with van der Waals surface area (Å²) in [5.74, 6) is 0. The second-order valence-electron chi connectivity index (χ2n) is 3.07. The van der Waals surface area contributed by atoms with Gasteiger partial charge in [0.05, 0.1) is 10.7 Å². The number of hydrogen-bond donors (Lipinski definition) is 1. The molecule has 2 heterocycles. The Hall–Kier alpha value is -1.06. The fourth-order valence-corrected chi connectivity index (χ4v) is 1.37. The Labute approximate surface area is 81.1 Å². The van der Waals surface area contributed by atoms with Crippen molar-refractivity contribution in [1.29, 1.82) is 0 Å². The van der Waals surface area contributed by atoms with Crippen LogP contribution in [0.15, 0.2) is 24.5 Å². The fraction of sp³-hybridized carbons (Fsp3) is 0.222. The highest BCUT2D eigenvalue weighted by molar-refractivity contribution is 6.30. The van der Waals surface area contributed by atoms with Crippen LogP contribution in [0.5, 0.6) is 0 Å². The van der Waals surface area contributed by atoms with Crippen molar-refractivity contribution in [2.75, 3.05) is 0 Å². The number of rotatable bonds is 1. The molecule has 0 spiro atoms. The van der Waals surface area contributed by atoms with E-state index in [1.807, 2.05) is 35.9 Å². The molecule has 0 aliphatic carbocycles. The Kier molecular flexibility index (Phi) is 1.98. The maximum absolute atomic E-state index is 5.83. The number of halogens is 1. The highest BCUT2D eigenvalue weighted by atomic mass is 35.5. The normalized spacial score (nSPS) is 13.5. The number of imidazole rings is 1. The Morgan fingerprint density at radius 2 is 2.23 bits per heavy atom. The zero-order valence-electron chi connectivity index (χ0n) is 7.24. The lowest BCUT2D eigenvalue weighted by Gasteiger charge is -1.95. The monoisotopic (exact) mass is 195 g/mol. The van der Waals surface area contributed by atoms with E-state index in [0.29, 0.717) is 5.02 Å². The van der Waals surface area contributed by atoms with E-state index >= 15 is 0 Å². The average Bonchev–Trinajstić information content (AvgIpc) is 2.46. The summed E-state index contributed by atoms with van der Waals surface area (Å²) >= 11 is 5.83. The van der Waals surface area contributed by atoms with Gasteiger partial charge in [0.25, 0.3) is 0 Å². The Bertz CT molecular complexity index is 433. The third-order valence-electron chi connectivity index (χ3n) is 1.90. The van der Waals surface area contributed by atoms with Crippen molar-refractivity contribution in [3.05, 3.63) is 35.2 Å². The van der Waals surface area contributed by atoms with E-state index < -0.39 is 0 Å². The van der Waals surface area contributed by atoms with Crippen molar-refractivity contribution < 1.29 is 0 Å². The van der Waals surface area contributed by atoms with E-state index in [2.05, 4.69) is 4.98 Å². The minimum atomic E-state index is -0.0429. The van der Waals surface area contributed by atoms with Gasteiger partial charge < -0.3 is 10.1 Å². The molecule has 0 fully saturated rings. The molecule has 0 amide bonds. The Morgan fingerprint density at radius 3 is 2.92 bits per heavy atom. The summed E-state index contributed by atoms with van der Waals surface area (Å²) in [5.41, 5.74) is 7.46. The molecule has 0 bridgehead atoms. The highest BCUT2D eigenvalue weighted by Crippen LogP contribution is 2.14. The Balaban J connectivity index is 2.62. The smallest absolute Gasteiger partial charge is 0.137 e. The largest absolute Gasteiger partial charge is 0.323 e. The molecule has 13 heavy (non-hydrogen) atoms. The molecule has 0 aliphatic heterocycles. The lowest BCUT2D eigenvalue weighted by atomic mass is 10.3. The second kappa shape index (κ2) is 3.01. The quantitative estimate of drug-likeness (QED) is 0.757. The molecule has 68 valence electrons. The molecule has 0 radical (unpaired) electrons. The molecule has 2 aromatic rings. The van der Waals surface area contributed by atoms with Crippen molar-refractivity contribution in [1.82, 2.24) is 9.38 Å². The number of aromatic nitrogens is 2. The van der Waals surface area contributed by atoms with E-state index in [1.165, 1.54) is 0 Å². The van der Waals surface area contributed by atoms with Gasteiger partial charge in [-0.3, -0.25) is 0 Å². The average molecular weight is 196 g/mol. The molecule has 0 aliphatic rings. The van der Waals surface area contributed by atoms with E-state index in [9.17, 15) is 0 Å². The van der Waals surface area contributed by atoms with Crippen LogP contribution in [-0.4, -0.2) is 9.38 Å². The third kappa shape index (κ3) is 1.53. The van der Waals surface area contributed by atoms with Gasteiger partial charge in [0.1, 0.15) is 5.65 Å². The van der Waals surface area contributed by atoms with Crippen LogP contribution in [0, 0.1) is 0 Å². The molecular formula is C9H10ClN3. The number of nitrogens with two attached hydrogens (primary N) is 1. The molecule has 4 heteroatoms. The molecule has 3 nitrogen and oxygen atoms in total. The van der Waals surface area contributed by atoms with Crippen LogP contribution in [0.1, 0.15) is 18.7 Å². The summed E-state index contributed by atoms with van der Waals surface area (Å²) in [6.45, 7) is 1.91. The van der Waals surface area contributed by atoms with E-state index in [4.69, 9.17) is 17.3 Å². The van der Waals surface area contributed by atoms with Gasteiger partial charge in [0, 0.05) is 18.4 Å². The van der Waals surface area contributed by atoms with Crippen molar-refractivity contribution >= 4 is 17.2 Å². The maximum Gasteiger partial charge on any atom is 0.137 e. The topological polar surface area (TPSA) is 43.3 Å². The number of pyridine rings is 1. The fourth-order valence-electron chi connectivity index (χ4n) is 1.20. The van der Waals surface area contributed by atoms with Crippen molar-refractivity contribution in [2.45, 2.75) is 13.0 Å². The molecule has 2 aromatic heterocycles. The second-order valence-corrected chi connectivity index (χ2v) is 3.50. The van der Waals surface area contributed by atoms with E-state index in [0.717, 1.165) is 11.3 Å². The first-order valence-corrected chi connectivity index (χ1v) is 4.44. The first-order valence-electron chi connectivity index (χ1n) is 4.06. The molecule has 2 N–H and O–H groups in total. The van der Waals surface area contributed by atoms with Gasteiger partial charge >= 0.3 is 0 Å². The standard InChI is InChI=1S/C9H10ClN3/c1-6(11)8-5-13-4-7(10)2-3-9(13)12-8/h2-6H,11H2,1H3. The molecule has 0 saturated carbocycles. The minimum Gasteiger partial charge on any atom is -0.323 e. The van der Waals surface area contributed by atoms with Crippen LogP contribution in [0.3, 0.4) is 0 Å². The lowest BCUT2D eigenvalue weighted by Crippen LogP contribution is -2.04. The minimum absolute atomic E-state index is 0.0429. The molecule has 2 rings (SSSR count).